The summed E-state index contributed by atoms with van der Waals surface area (Å²) in [5.74, 6) is 0.730. The lowest BCUT2D eigenvalue weighted by molar-refractivity contribution is -0.137. The van der Waals surface area contributed by atoms with E-state index in [4.69, 9.17) is 11.6 Å². The Balaban J connectivity index is 2.75. The van der Waals surface area contributed by atoms with Crippen LogP contribution in [0, 0.1) is 5.92 Å². The number of rotatable bonds is 4. The molecular weight excluding hydrogens is 251 g/mol. The molecule has 0 amide bonds. The molecule has 0 saturated carbocycles. The summed E-state index contributed by atoms with van der Waals surface area (Å²) in [6.07, 6.45) is -4.29. The maximum absolute atomic E-state index is 12.3. The smallest absolute Gasteiger partial charge is 0.381 e. The molecule has 1 nitrogen and oxygen atoms in total. The van der Waals surface area contributed by atoms with Crippen LogP contribution in [0.3, 0.4) is 0 Å². The molecule has 96 valence electrons. The summed E-state index contributed by atoms with van der Waals surface area (Å²) < 4.78 is 37.0. The van der Waals surface area contributed by atoms with Crippen molar-refractivity contribution in [1.29, 1.82) is 0 Å². The third-order valence-electron chi connectivity index (χ3n) is 2.54. The van der Waals surface area contributed by atoms with Crippen LogP contribution < -0.4 is 5.32 Å². The van der Waals surface area contributed by atoms with Gasteiger partial charge in [-0.25, -0.2) is 0 Å². The molecule has 0 bridgehead atoms. The number of halogens is 4. The fourth-order valence-corrected chi connectivity index (χ4v) is 1.79. The van der Waals surface area contributed by atoms with Crippen molar-refractivity contribution in [2.75, 3.05) is 11.2 Å². The van der Waals surface area contributed by atoms with E-state index < -0.39 is 11.7 Å². The zero-order chi connectivity index (χ0) is 13.1. The average molecular weight is 266 g/mol. The van der Waals surface area contributed by atoms with E-state index in [2.05, 4.69) is 5.32 Å². The Morgan fingerprint density at radius 1 is 1.18 bits per heavy atom. The van der Waals surface area contributed by atoms with E-state index in [9.17, 15) is 13.2 Å². The first-order valence-electron chi connectivity index (χ1n) is 5.34. The van der Waals surface area contributed by atoms with Crippen LogP contribution in [-0.4, -0.2) is 11.9 Å². The molecule has 17 heavy (non-hydrogen) atoms. The summed E-state index contributed by atoms with van der Waals surface area (Å²) >= 11 is 5.77. The van der Waals surface area contributed by atoms with Crippen molar-refractivity contribution in [3.8, 4) is 0 Å². The number of hydrogen-bond donors (Lipinski definition) is 1. The van der Waals surface area contributed by atoms with Crippen molar-refractivity contribution in [2.45, 2.75) is 26.1 Å². The summed E-state index contributed by atoms with van der Waals surface area (Å²) in [5.41, 5.74) is 0.00682. The van der Waals surface area contributed by atoms with Crippen LogP contribution in [0.2, 0.25) is 0 Å². The number of hydrogen-bond acceptors (Lipinski definition) is 1. The second-order valence-corrected chi connectivity index (χ2v) is 4.53. The first-order chi connectivity index (χ1) is 7.84. The van der Waals surface area contributed by atoms with Gasteiger partial charge in [0.05, 0.1) is 5.56 Å². The third-order valence-corrected chi connectivity index (χ3v) is 2.87. The van der Waals surface area contributed by atoms with Gasteiger partial charge in [-0.1, -0.05) is 13.8 Å². The molecule has 0 aromatic heterocycles. The Hall–Kier alpha value is -0.900. The van der Waals surface area contributed by atoms with Gasteiger partial charge in [0.2, 0.25) is 0 Å². The Morgan fingerprint density at radius 3 is 2.06 bits per heavy atom. The second kappa shape index (κ2) is 5.63. The van der Waals surface area contributed by atoms with E-state index >= 15 is 0 Å². The van der Waals surface area contributed by atoms with E-state index in [0.29, 0.717) is 17.5 Å². The summed E-state index contributed by atoms with van der Waals surface area (Å²) in [5, 5.41) is 3.11. The predicted molar refractivity (Wildman–Crippen MR) is 64.4 cm³/mol. The first kappa shape index (κ1) is 14.2. The highest BCUT2D eigenvalue weighted by atomic mass is 35.5. The Kier molecular flexibility index (Phi) is 4.69. The maximum atomic E-state index is 12.3. The topological polar surface area (TPSA) is 12.0 Å². The van der Waals surface area contributed by atoms with Crippen LogP contribution in [0.5, 0.6) is 0 Å². The normalized spacial score (nSPS) is 13.8. The molecule has 5 heteroatoms. The van der Waals surface area contributed by atoms with Crippen molar-refractivity contribution >= 4 is 17.3 Å². The minimum Gasteiger partial charge on any atom is -0.381 e. The van der Waals surface area contributed by atoms with Gasteiger partial charge < -0.3 is 5.32 Å². The molecule has 0 aliphatic rings. The minimum absolute atomic E-state index is 0.0494. The number of anilines is 1. The van der Waals surface area contributed by atoms with Gasteiger partial charge in [-0.05, 0) is 30.2 Å². The van der Waals surface area contributed by atoms with Crippen molar-refractivity contribution in [1.82, 2.24) is 0 Å². The summed E-state index contributed by atoms with van der Waals surface area (Å²) in [4.78, 5) is 0. The molecule has 1 atom stereocenters. The number of benzene rings is 1. The van der Waals surface area contributed by atoms with Crippen molar-refractivity contribution in [3.05, 3.63) is 29.8 Å². The molecule has 0 spiro atoms. The lowest BCUT2D eigenvalue weighted by atomic mass is 10.1. The van der Waals surface area contributed by atoms with Gasteiger partial charge in [0.1, 0.15) is 0 Å². The average Bonchev–Trinajstić information content (AvgIpc) is 2.25. The van der Waals surface area contributed by atoms with Gasteiger partial charge in [-0.15, -0.1) is 11.6 Å². The largest absolute Gasteiger partial charge is 0.416 e. The Labute approximate surface area is 104 Å². The van der Waals surface area contributed by atoms with E-state index in [1.54, 1.807) is 0 Å². The lowest BCUT2D eigenvalue weighted by Gasteiger charge is -2.21. The van der Waals surface area contributed by atoms with Crippen LogP contribution in [0.15, 0.2) is 24.3 Å². The molecule has 1 N–H and O–H groups in total. The van der Waals surface area contributed by atoms with Crippen LogP contribution in [0.25, 0.3) is 0 Å². The molecule has 0 aliphatic carbocycles. The zero-order valence-electron chi connectivity index (χ0n) is 9.68. The third kappa shape index (κ3) is 4.11. The summed E-state index contributed by atoms with van der Waals surface area (Å²) in [6, 6.07) is 5.02. The van der Waals surface area contributed by atoms with E-state index in [-0.39, 0.29) is 6.04 Å². The monoisotopic (exact) mass is 265 g/mol. The molecule has 1 rings (SSSR count). The molecule has 0 heterocycles. The highest BCUT2D eigenvalue weighted by molar-refractivity contribution is 6.18. The fourth-order valence-electron chi connectivity index (χ4n) is 1.35. The van der Waals surface area contributed by atoms with Crippen LogP contribution in [0.1, 0.15) is 19.4 Å². The molecular formula is C12H15ClF3N. The molecule has 0 saturated heterocycles. The van der Waals surface area contributed by atoms with Gasteiger partial charge >= 0.3 is 6.18 Å². The van der Waals surface area contributed by atoms with Crippen LogP contribution in [-0.2, 0) is 6.18 Å². The minimum atomic E-state index is -4.29. The number of alkyl halides is 4. The zero-order valence-corrected chi connectivity index (χ0v) is 10.4. The lowest BCUT2D eigenvalue weighted by Crippen LogP contribution is -2.27. The Bertz CT molecular complexity index is 346. The summed E-state index contributed by atoms with van der Waals surface area (Å²) in [7, 11) is 0. The summed E-state index contributed by atoms with van der Waals surface area (Å²) in [6.45, 7) is 4.01. The van der Waals surface area contributed by atoms with Crippen LogP contribution in [0.4, 0.5) is 18.9 Å². The molecule has 1 aromatic rings. The van der Waals surface area contributed by atoms with Gasteiger partial charge in [-0.2, -0.15) is 13.2 Å². The van der Waals surface area contributed by atoms with E-state index in [0.717, 1.165) is 12.1 Å². The SMILES string of the molecule is CC(C)[C@H](CCl)Nc1ccc(C(F)(F)F)cc1. The highest BCUT2D eigenvalue weighted by Crippen LogP contribution is 2.30. The van der Waals surface area contributed by atoms with Gasteiger partial charge in [0, 0.05) is 17.6 Å². The predicted octanol–water partition coefficient (Wildman–Crippen LogP) is 4.38. The van der Waals surface area contributed by atoms with E-state index in [1.807, 2.05) is 13.8 Å². The molecule has 0 radical (unpaired) electrons. The molecule has 1 aromatic carbocycles. The van der Waals surface area contributed by atoms with E-state index in [1.165, 1.54) is 12.1 Å². The van der Waals surface area contributed by atoms with Crippen LogP contribution >= 0.6 is 11.6 Å². The second-order valence-electron chi connectivity index (χ2n) is 4.22. The first-order valence-corrected chi connectivity index (χ1v) is 5.88. The fraction of sp³-hybridized carbons (Fsp3) is 0.500. The maximum Gasteiger partial charge on any atom is 0.416 e. The van der Waals surface area contributed by atoms with Crippen molar-refractivity contribution in [3.63, 3.8) is 0 Å². The standard InChI is InChI=1S/C12H15ClF3N/c1-8(2)11(7-13)17-10-5-3-9(4-6-10)12(14,15)16/h3-6,8,11,17H,7H2,1-2H3/t11-/m0/s1. The highest BCUT2D eigenvalue weighted by Gasteiger charge is 2.30. The van der Waals surface area contributed by atoms with Gasteiger partial charge in [0.25, 0.3) is 0 Å². The molecule has 0 unspecified atom stereocenters. The van der Waals surface area contributed by atoms with Crippen molar-refractivity contribution in [2.24, 2.45) is 5.92 Å². The van der Waals surface area contributed by atoms with Gasteiger partial charge in [0.15, 0.2) is 0 Å². The molecule has 0 aliphatic heterocycles. The Morgan fingerprint density at radius 2 is 1.71 bits per heavy atom. The molecule has 0 fully saturated rings. The van der Waals surface area contributed by atoms with Gasteiger partial charge in [-0.3, -0.25) is 0 Å². The van der Waals surface area contributed by atoms with Crippen molar-refractivity contribution < 1.29 is 13.2 Å². The quantitative estimate of drug-likeness (QED) is 0.797. The number of nitrogens with one attached hydrogen (secondary N) is 1.